The summed E-state index contributed by atoms with van der Waals surface area (Å²) in [5, 5.41) is 0. The second-order valence-electron chi connectivity index (χ2n) is 19.7. The topological polar surface area (TPSA) is 74.3 Å². The van der Waals surface area contributed by atoms with Gasteiger partial charge in [0.15, 0.2) is 5.79 Å². The van der Waals surface area contributed by atoms with Crippen LogP contribution in [0.1, 0.15) is 224 Å². The molecule has 0 radical (unpaired) electrons. The minimum absolute atomic E-state index is 0.0195. The van der Waals surface area contributed by atoms with Crippen molar-refractivity contribution < 1.29 is 28.5 Å². The molecule has 0 aliphatic carbocycles. The van der Waals surface area contributed by atoms with Gasteiger partial charge >= 0.3 is 11.9 Å². The molecule has 57 heavy (non-hydrogen) atoms. The zero-order valence-electron chi connectivity index (χ0n) is 39.8. The molecule has 1 heterocycles. The molecule has 338 valence electrons. The standard InChI is InChI=1S/C50H97NO6/c1-12-51(44(10)11)36-33-47-39-56-50(57-47,34-25-21-17-13-15-19-23-27-48(52)54-37-45(42(6)7)31-29-40(2)3)35-26-22-18-14-16-20-24-28-49(53)55-38-46(43(8)9)32-30-41(4)5/h40-47H,12-39H2,1-11H3. The first-order chi connectivity index (χ1) is 27.2. The Hall–Kier alpha value is -1.18. The van der Waals surface area contributed by atoms with E-state index in [-0.39, 0.29) is 18.0 Å². The molecule has 0 aromatic carbocycles. The highest BCUT2D eigenvalue weighted by Gasteiger charge is 2.40. The third-order valence-corrected chi connectivity index (χ3v) is 12.7. The monoisotopic (exact) mass is 808 g/mol. The Bertz CT molecular complexity index is 922. The van der Waals surface area contributed by atoms with Crippen LogP contribution in [0, 0.1) is 35.5 Å². The van der Waals surface area contributed by atoms with Gasteiger partial charge in [-0.2, -0.15) is 0 Å². The molecule has 1 saturated heterocycles. The number of unbranched alkanes of at least 4 members (excludes halogenated alkanes) is 12. The van der Waals surface area contributed by atoms with E-state index in [1.165, 1.54) is 64.2 Å². The number of carbonyl (C=O) groups excluding carboxylic acids is 2. The molecule has 1 fully saturated rings. The quantitative estimate of drug-likeness (QED) is 0.0457. The number of nitrogens with zero attached hydrogens (tertiary/aromatic N) is 1. The third-order valence-electron chi connectivity index (χ3n) is 12.7. The minimum Gasteiger partial charge on any atom is -0.465 e. The van der Waals surface area contributed by atoms with Crippen LogP contribution in [0.2, 0.25) is 0 Å². The summed E-state index contributed by atoms with van der Waals surface area (Å²) in [4.78, 5) is 27.3. The fraction of sp³-hybridized carbons (Fsp3) is 0.960. The molecule has 3 unspecified atom stereocenters. The summed E-state index contributed by atoms with van der Waals surface area (Å²) in [6, 6.07) is 0.550. The van der Waals surface area contributed by atoms with Gasteiger partial charge in [0.25, 0.3) is 0 Å². The molecular weight excluding hydrogens is 711 g/mol. The van der Waals surface area contributed by atoms with Crippen LogP contribution < -0.4 is 0 Å². The van der Waals surface area contributed by atoms with Crippen LogP contribution in [0.15, 0.2) is 0 Å². The molecule has 0 aromatic heterocycles. The number of esters is 2. The molecule has 0 bridgehead atoms. The Balaban J connectivity index is 2.35. The van der Waals surface area contributed by atoms with Gasteiger partial charge in [-0.15, -0.1) is 0 Å². The van der Waals surface area contributed by atoms with Crippen molar-refractivity contribution in [3.05, 3.63) is 0 Å². The van der Waals surface area contributed by atoms with E-state index in [1.54, 1.807) is 0 Å². The third kappa shape index (κ3) is 27.3. The van der Waals surface area contributed by atoms with E-state index in [1.807, 2.05) is 0 Å². The molecule has 0 saturated carbocycles. The van der Waals surface area contributed by atoms with Crippen molar-refractivity contribution >= 4 is 11.9 Å². The molecule has 0 aromatic rings. The molecule has 0 spiro atoms. The molecule has 1 rings (SSSR count). The summed E-state index contributed by atoms with van der Waals surface area (Å²) < 4.78 is 24.7. The Labute approximate surface area is 354 Å². The van der Waals surface area contributed by atoms with Crippen molar-refractivity contribution in [2.24, 2.45) is 35.5 Å². The second-order valence-corrected chi connectivity index (χ2v) is 19.7. The van der Waals surface area contributed by atoms with Gasteiger partial charge in [0.2, 0.25) is 0 Å². The van der Waals surface area contributed by atoms with Crippen molar-refractivity contribution in [1.29, 1.82) is 0 Å². The van der Waals surface area contributed by atoms with Crippen LogP contribution in [-0.2, 0) is 28.5 Å². The van der Waals surface area contributed by atoms with E-state index < -0.39 is 5.79 Å². The van der Waals surface area contributed by atoms with Gasteiger partial charge < -0.3 is 23.8 Å². The van der Waals surface area contributed by atoms with Gasteiger partial charge in [-0.1, -0.05) is 139 Å². The number of hydrogen-bond donors (Lipinski definition) is 0. The van der Waals surface area contributed by atoms with Gasteiger partial charge in [0.05, 0.1) is 25.9 Å². The highest BCUT2D eigenvalue weighted by molar-refractivity contribution is 5.69. The summed E-state index contributed by atoms with van der Waals surface area (Å²) in [6.45, 7) is 28.8. The predicted molar refractivity (Wildman–Crippen MR) is 240 cm³/mol. The van der Waals surface area contributed by atoms with E-state index in [0.717, 1.165) is 83.7 Å². The smallest absolute Gasteiger partial charge is 0.305 e. The first-order valence-corrected chi connectivity index (χ1v) is 24.5. The molecule has 7 nitrogen and oxygen atoms in total. The maximum atomic E-state index is 12.4. The fourth-order valence-corrected chi connectivity index (χ4v) is 8.19. The van der Waals surface area contributed by atoms with Crippen LogP contribution in [-0.4, -0.2) is 67.7 Å². The van der Waals surface area contributed by atoms with E-state index in [2.05, 4.69) is 81.1 Å². The molecule has 1 aliphatic heterocycles. The summed E-state index contributed by atoms with van der Waals surface area (Å²) in [7, 11) is 0. The van der Waals surface area contributed by atoms with Crippen LogP contribution in [0.3, 0.4) is 0 Å². The molecule has 7 heteroatoms. The molecule has 0 amide bonds. The first-order valence-electron chi connectivity index (χ1n) is 24.5. The Kier molecular flexibility index (Phi) is 30.8. The van der Waals surface area contributed by atoms with E-state index in [0.29, 0.717) is 74.2 Å². The van der Waals surface area contributed by atoms with E-state index >= 15 is 0 Å². The van der Waals surface area contributed by atoms with Gasteiger partial charge in [-0.25, -0.2) is 0 Å². The number of hydrogen-bond acceptors (Lipinski definition) is 7. The van der Waals surface area contributed by atoms with Gasteiger partial charge in [-0.3, -0.25) is 9.59 Å². The maximum absolute atomic E-state index is 12.4. The van der Waals surface area contributed by atoms with E-state index in [9.17, 15) is 9.59 Å². The average molecular weight is 808 g/mol. The Morgan fingerprint density at radius 2 is 1.00 bits per heavy atom. The Morgan fingerprint density at radius 1 is 0.596 bits per heavy atom. The highest BCUT2D eigenvalue weighted by atomic mass is 16.7. The predicted octanol–water partition coefficient (Wildman–Crippen LogP) is 13.7. The summed E-state index contributed by atoms with van der Waals surface area (Å²) in [6.07, 6.45) is 25.0. The lowest BCUT2D eigenvalue weighted by molar-refractivity contribution is -0.180. The van der Waals surface area contributed by atoms with Crippen LogP contribution in [0.25, 0.3) is 0 Å². The lowest BCUT2D eigenvalue weighted by atomic mass is 9.89. The summed E-state index contributed by atoms with van der Waals surface area (Å²) in [5.41, 5.74) is 0. The lowest BCUT2D eigenvalue weighted by Gasteiger charge is -2.29. The van der Waals surface area contributed by atoms with Gasteiger partial charge in [-0.05, 0) is 101 Å². The number of carbonyl (C=O) groups is 2. The zero-order chi connectivity index (χ0) is 42.5. The molecule has 3 atom stereocenters. The molecule has 1 aliphatic rings. The van der Waals surface area contributed by atoms with Gasteiger partial charge in [0, 0.05) is 38.3 Å². The summed E-state index contributed by atoms with van der Waals surface area (Å²) in [5.74, 6) is 2.95. The van der Waals surface area contributed by atoms with E-state index in [4.69, 9.17) is 18.9 Å². The SMILES string of the molecule is CCN(CCC1COC(CCCCCCCCCC(=O)OCC(CCC(C)C)C(C)C)(CCCCCCCCCC(=O)OCC(CCC(C)C)C(C)C)O1)C(C)C. The average Bonchev–Trinajstić information content (AvgIpc) is 3.55. The van der Waals surface area contributed by atoms with Crippen molar-refractivity contribution in [2.45, 2.75) is 242 Å². The largest absolute Gasteiger partial charge is 0.465 e. The van der Waals surface area contributed by atoms with Crippen molar-refractivity contribution in [3.63, 3.8) is 0 Å². The second kappa shape index (κ2) is 32.6. The normalized spacial score (nSPS) is 18.5. The van der Waals surface area contributed by atoms with Crippen LogP contribution in [0.5, 0.6) is 0 Å². The first kappa shape index (κ1) is 53.8. The van der Waals surface area contributed by atoms with Crippen molar-refractivity contribution in [2.75, 3.05) is 32.9 Å². The highest BCUT2D eigenvalue weighted by Crippen LogP contribution is 2.36. The van der Waals surface area contributed by atoms with Crippen LogP contribution >= 0.6 is 0 Å². The molecule has 0 N–H and O–H groups in total. The number of ether oxygens (including phenoxy) is 4. The van der Waals surface area contributed by atoms with Crippen LogP contribution in [0.4, 0.5) is 0 Å². The zero-order valence-corrected chi connectivity index (χ0v) is 39.8. The lowest BCUT2D eigenvalue weighted by Crippen LogP contribution is -2.35. The maximum Gasteiger partial charge on any atom is 0.305 e. The summed E-state index contributed by atoms with van der Waals surface area (Å²) >= 11 is 0. The number of rotatable bonds is 37. The Morgan fingerprint density at radius 3 is 1.37 bits per heavy atom. The minimum atomic E-state index is -0.424. The van der Waals surface area contributed by atoms with Crippen molar-refractivity contribution in [1.82, 2.24) is 4.90 Å². The molecular formula is C50H97NO6. The van der Waals surface area contributed by atoms with Gasteiger partial charge in [0.1, 0.15) is 0 Å². The fourth-order valence-electron chi connectivity index (χ4n) is 8.19. The van der Waals surface area contributed by atoms with Crippen molar-refractivity contribution in [3.8, 4) is 0 Å².